The van der Waals surface area contributed by atoms with Crippen molar-refractivity contribution in [3.05, 3.63) is 35.9 Å². The molecule has 11 heteroatoms. The minimum Gasteiger partial charge on any atom is -0.445 e. The predicted molar refractivity (Wildman–Crippen MR) is 145 cm³/mol. The Bertz CT molecular complexity index is 1030. The topological polar surface area (TPSA) is 134 Å². The van der Waals surface area contributed by atoms with Crippen molar-refractivity contribution in [2.24, 2.45) is 5.41 Å². The lowest BCUT2D eigenvalue weighted by Gasteiger charge is -2.36. The van der Waals surface area contributed by atoms with Crippen LogP contribution in [0.1, 0.15) is 60.5 Å². The van der Waals surface area contributed by atoms with Crippen LogP contribution >= 0.6 is 0 Å². The fourth-order valence-corrected chi connectivity index (χ4v) is 4.03. The fourth-order valence-electron chi connectivity index (χ4n) is 4.03. The Morgan fingerprint density at radius 2 is 1.72 bits per heavy atom. The number of hydrogen-bond acceptors (Lipinski definition) is 7. The number of hydrogen-bond donors (Lipinski definition) is 2. The van der Waals surface area contributed by atoms with E-state index in [2.05, 4.69) is 10.6 Å². The SMILES string of the molecule is C[C@@H](C(=O)N[C@H](C(=O)N1C[C@@H](NC(=O)OCc2ccccc2)C[C@H]1C=O)C(C)(C)C)N(C)C(=O)OC(C)(C)C. The molecule has 0 bridgehead atoms. The molecular weight excluding hydrogens is 504 g/mol. The molecule has 0 radical (unpaired) electrons. The number of carbonyl (C=O) groups excluding carboxylic acids is 5. The molecule has 2 N–H and O–H groups in total. The Hall–Kier alpha value is -3.63. The lowest BCUT2D eigenvalue weighted by atomic mass is 9.85. The molecule has 1 aromatic carbocycles. The van der Waals surface area contributed by atoms with Crippen LogP contribution in [0.2, 0.25) is 0 Å². The maximum Gasteiger partial charge on any atom is 0.410 e. The first-order chi connectivity index (χ1) is 18.0. The number of aldehydes is 1. The summed E-state index contributed by atoms with van der Waals surface area (Å²) in [6.07, 6.45) is -0.437. The highest BCUT2D eigenvalue weighted by Gasteiger charge is 2.43. The molecule has 1 aliphatic heterocycles. The van der Waals surface area contributed by atoms with Gasteiger partial charge in [0.25, 0.3) is 0 Å². The Kier molecular flexibility index (Phi) is 10.5. The molecule has 39 heavy (non-hydrogen) atoms. The number of carbonyl (C=O) groups is 5. The molecule has 0 saturated carbocycles. The summed E-state index contributed by atoms with van der Waals surface area (Å²) in [6, 6.07) is 6.01. The van der Waals surface area contributed by atoms with Gasteiger partial charge >= 0.3 is 12.2 Å². The lowest BCUT2D eigenvalue weighted by molar-refractivity contribution is -0.142. The van der Waals surface area contributed by atoms with Crippen LogP contribution in [0.25, 0.3) is 0 Å². The van der Waals surface area contributed by atoms with Crippen LogP contribution < -0.4 is 10.6 Å². The predicted octanol–water partition coefficient (Wildman–Crippen LogP) is 2.87. The molecule has 2 rings (SSSR count). The Labute approximate surface area is 230 Å². The van der Waals surface area contributed by atoms with Gasteiger partial charge in [-0.25, -0.2) is 9.59 Å². The zero-order valence-electron chi connectivity index (χ0n) is 24.1. The van der Waals surface area contributed by atoms with E-state index < -0.39 is 59.2 Å². The number of likely N-dealkylation sites (N-methyl/N-ethyl adjacent to an activating group) is 1. The summed E-state index contributed by atoms with van der Waals surface area (Å²) in [7, 11) is 1.45. The third-order valence-corrected chi connectivity index (χ3v) is 6.36. The number of likely N-dealkylation sites (tertiary alicyclic amines) is 1. The van der Waals surface area contributed by atoms with E-state index in [-0.39, 0.29) is 19.6 Å². The molecule has 0 spiro atoms. The van der Waals surface area contributed by atoms with Crippen LogP contribution in [-0.2, 0) is 30.5 Å². The highest BCUT2D eigenvalue weighted by Crippen LogP contribution is 2.26. The molecule has 0 aromatic heterocycles. The van der Waals surface area contributed by atoms with E-state index in [0.717, 1.165) is 10.5 Å². The third kappa shape index (κ3) is 9.26. The lowest BCUT2D eigenvalue weighted by Crippen LogP contribution is -2.59. The van der Waals surface area contributed by atoms with Gasteiger partial charge in [-0.3, -0.25) is 14.5 Å². The number of ether oxygens (including phenoxy) is 2. The van der Waals surface area contributed by atoms with Crippen LogP contribution in [0, 0.1) is 5.41 Å². The van der Waals surface area contributed by atoms with Gasteiger partial charge in [-0.05, 0) is 45.1 Å². The van der Waals surface area contributed by atoms with Crippen molar-refractivity contribution in [2.75, 3.05) is 13.6 Å². The summed E-state index contributed by atoms with van der Waals surface area (Å²) in [5.74, 6) is -1.00. The number of nitrogens with one attached hydrogen (secondary N) is 2. The first-order valence-corrected chi connectivity index (χ1v) is 13.0. The van der Waals surface area contributed by atoms with E-state index in [9.17, 15) is 24.0 Å². The van der Waals surface area contributed by atoms with Crippen LogP contribution in [0.5, 0.6) is 0 Å². The summed E-state index contributed by atoms with van der Waals surface area (Å²) in [6.45, 7) is 12.3. The van der Waals surface area contributed by atoms with Crippen LogP contribution in [0.15, 0.2) is 30.3 Å². The molecule has 4 amide bonds. The van der Waals surface area contributed by atoms with E-state index >= 15 is 0 Å². The van der Waals surface area contributed by atoms with Gasteiger partial charge in [-0.15, -0.1) is 0 Å². The third-order valence-electron chi connectivity index (χ3n) is 6.36. The molecule has 1 fully saturated rings. The molecule has 11 nitrogen and oxygen atoms in total. The molecule has 0 aliphatic carbocycles. The van der Waals surface area contributed by atoms with Crippen LogP contribution in [-0.4, -0.2) is 83.4 Å². The molecule has 4 atom stereocenters. The number of benzene rings is 1. The van der Waals surface area contributed by atoms with E-state index in [1.165, 1.54) is 18.9 Å². The van der Waals surface area contributed by atoms with Crippen LogP contribution in [0.4, 0.5) is 9.59 Å². The van der Waals surface area contributed by atoms with Gasteiger partial charge in [0, 0.05) is 13.6 Å². The zero-order chi connectivity index (χ0) is 29.5. The van der Waals surface area contributed by atoms with Gasteiger partial charge in [-0.2, -0.15) is 0 Å². The number of amides is 4. The van der Waals surface area contributed by atoms with E-state index in [1.807, 2.05) is 30.3 Å². The fraction of sp³-hybridized carbons (Fsp3) is 0.607. The van der Waals surface area contributed by atoms with E-state index in [0.29, 0.717) is 6.29 Å². The molecular formula is C28H42N4O7. The van der Waals surface area contributed by atoms with Gasteiger partial charge in [0.2, 0.25) is 11.8 Å². The summed E-state index contributed by atoms with van der Waals surface area (Å²) >= 11 is 0. The van der Waals surface area contributed by atoms with Crippen molar-refractivity contribution in [3.63, 3.8) is 0 Å². The second-order valence-corrected chi connectivity index (χ2v) is 11.9. The van der Waals surface area contributed by atoms with Crippen LogP contribution in [0.3, 0.4) is 0 Å². The van der Waals surface area contributed by atoms with Crippen molar-refractivity contribution < 1.29 is 33.4 Å². The highest BCUT2D eigenvalue weighted by molar-refractivity contribution is 5.92. The normalized spacial score (nSPS) is 18.9. The Morgan fingerprint density at radius 3 is 2.26 bits per heavy atom. The van der Waals surface area contributed by atoms with Crippen molar-refractivity contribution in [3.8, 4) is 0 Å². The zero-order valence-corrected chi connectivity index (χ0v) is 24.1. The maximum atomic E-state index is 13.7. The summed E-state index contributed by atoms with van der Waals surface area (Å²) in [4.78, 5) is 65.9. The molecule has 1 heterocycles. The van der Waals surface area contributed by atoms with Gasteiger partial charge in [0.05, 0.1) is 12.1 Å². The smallest absolute Gasteiger partial charge is 0.410 e. The van der Waals surface area contributed by atoms with Crippen molar-refractivity contribution in [1.82, 2.24) is 20.4 Å². The van der Waals surface area contributed by atoms with Gasteiger partial charge in [0.1, 0.15) is 30.6 Å². The Balaban J connectivity index is 2.06. The number of rotatable bonds is 8. The second-order valence-electron chi connectivity index (χ2n) is 11.9. The van der Waals surface area contributed by atoms with Gasteiger partial charge in [-0.1, -0.05) is 51.1 Å². The summed E-state index contributed by atoms with van der Waals surface area (Å²) < 4.78 is 10.6. The standard InChI is InChI=1S/C28H42N4O7/c1-18(31(8)26(37)39-28(5,6)7)23(34)30-22(27(2,3)4)24(35)32-15-20(14-21(32)16-33)29-25(36)38-17-19-12-10-9-11-13-19/h9-13,16,18,20-22H,14-15,17H2,1-8H3,(H,29,36)(H,30,34)/t18-,20-,21-,22+/m0/s1. The first kappa shape index (κ1) is 31.6. The molecule has 0 unspecified atom stereocenters. The average Bonchev–Trinajstić information content (AvgIpc) is 3.26. The number of nitrogens with zero attached hydrogens (tertiary/aromatic N) is 2. The highest BCUT2D eigenvalue weighted by atomic mass is 16.6. The second kappa shape index (κ2) is 12.9. The maximum absolute atomic E-state index is 13.7. The van der Waals surface area contributed by atoms with Crippen molar-refractivity contribution >= 4 is 30.3 Å². The first-order valence-electron chi connectivity index (χ1n) is 13.0. The van der Waals surface area contributed by atoms with E-state index in [4.69, 9.17) is 9.47 Å². The largest absolute Gasteiger partial charge is 0.445 e. The molecule has 216 valence electrons. The van der Waals surface area contributed by atoms with E-state index in [1.54, 1.807) is 41.5 Å². The van der Waals surface area contributed by atoms with Gasteiger partial charge in [0.15, 0.2) is 0 Å². The van der Waals surface area contributed by atoms with Gasteiger partial charge < -0.3 is 29.8 Å². The molecule has 1 aromatic rings. The van der Waals surface area contributed by atoms with Crippen molar-refractivity contribution in [2.45, 2.75) is 91.3 Å². The minimum absolute atomic E-state index is 0.0818. The quantitative estimate of drug-likeness (QED) is 0.479. The number of alkyl carbamates (subject to hydrolysis) is 1. The Morgan fingerprint density at radius 1 is 1.10 bits per heavy atom. The molecule has 1 saturated heterocycles. The summed E-state index contributed by atoms with van der Waals surface area (Å²) in [5, 5.41) is 5.48. The summed E-state index contributed by atoms with van der Waals surface area (Å²) in [5.41, 5.74) is -0.620. The monoisotopic (exact) mass is 546 g/mol. The minimum atomic E-state index is -0.995. The van der Waals surface area contributed by atoms with Crippen molar-refractivity contribution in [1.29, 1.82) is 0 Å². The average molecular weight is 547 g/mol. The molecule has 1 aliphatic rings.